The van der Waals surface area contributed by atoms with Gasteiger partial charge in [-0.05, 0) is 37.6 Å². The fraction of sp³-hybridized carbons (Fsp3) is 0.786. The Labute approximate surface area is 119 Å². The van der Waals surface area contributed by atoms with Crippen molar-refractivity contribution in [3.8, 4) is 0 Å². The Balaban J connectivity index is 1.61. The van der Waals surface area contributed by atoms with Crippen molar-refractivity contribution in [1.29, 1.82) is 0 Å². The summed E-state index contributed by atoms with van der Waals surface area (Å²) in [6.45, 7) is 8.56. The van der Waals surface area contributed by atoms with Gasteiger partial charge in [-0.1, -0.05) is 13.8 Å². The van der Waals surface area contributed by atoms with Gasteiger partial charge in [-0.3, -0.25) is 0 Å². The summed E-state index contributed by atoms with van der Waals surface area (Å²) in [6.07, 6.45) is 3.64. The lowest BCUT2D eigenvalue weighted by Gasteiger charge is -2.14. The Morgan fingerprint density at radius 3 is 2.67 bits per heavy atom. The molecule has 0 N–H and O–H groups in total. The SMILES string of the molecule is CC1CN(CCCCc2nc(CCl)cs2)CC1C. The first kappa shape index (κ1) is 14.3. The first-order valence-corrected chi connectivity index (χ1v) is 8.32. The van der Waals surface area contributed by atoms with Gasteiger partial charge in [0.1, 0.15) is 0 Å². The van der Waals surface area contributed by atoms with Crippen LogP contribution in [0.1, 0.15) is 37.4 Å². The molecule has 0 amide bonds. The highest BCUT2D eigenvalue weighted by Gasteiger charge is 2.25. The topological polar surface area (TPSA) is 16.1 Å². The number of nitrogens with zero attached hydrogens (tertiary/aromatic N) is 2. The highest BCUT2D eigenvalue weighted by molar-refractivity contribution is 7.09. The average molecular weight is 287 g/mol. The minimum Gasteiger partial charge on any atom is -0.303 e. The van der Waals surface area contributed by atoms with Crippen LogP contribution in [0.5, 0.6) is 0 Å². The van der Waals surface area contributed by atoms with Crippen molar-refractivity contribution >= 4 is 22.9 Å². The summed E-state index contributed by atoms with van der Waals surface area (Å²) in [5.41, 5.74) is 1.03. The molecule has 0 spiro atoms. The molecule has 1 fully saturated rings. The summed E-state index contributed by atoms with van der Waals surface area (Å²) >= 11 is 7.50. The molecule has 0 saturated carbocycles. The van der Waals surface area contributed by atoms with Crippen LogP contribution in [-0.4, -0.2) is 29.5 Å². The van der Waals surface area contributed by atoms with Crippen molar-refractivity contribution < 1.29 is 0 Å². The van der Waals surface area contributed by atoms with Crippen LogP contribution < -0.4 is 0 Å². The molecule has 2 heterocycles. The van der Waals surface area contributed by atoms with Crippen molar-refractivity contribution in [2.45, 2.75) is 39.0 Å². The molecule has 1 saturated heterocycles. The lowest BCUT2D eigenvalue weighted by Crippen LogP contribution is -2.22. The summed E-state index contributed by atoms with van der Waals surface area (Å²) in [4.78, 5) is 7.11. The van der Waals surface area contributed by atoms with Gasteiger partial charge in [0.2, 0.25) is 0 Å². The lowest BCUT2D eigenvalue weighted by molar-refractivity contribution is 0.316. The number of hydrogen-bond donors (Lipinski definition) is 0. The monoisotopic (exact) mass is 286 g/mol. The molecular weight excluding hydrogens is 264 g/mol. The van der Waals surface area contributed by atoms with E-state index in [1.54, 1.807) is 11.3 Å². The van der Waals surface area contributed by atoms with E-state index < -0.39 is 0 Å². The average Bonchev–Trinajstić information content (AvgIpc) is 2.93. The summed E-state index contributed by atoms with van der Waals surface area (Å²) in [6, 6.07) is 0. The third kappa shape index (κ3) is 3.94. The van der Waals surface area contributed by atoms with E-state index in [-0.39, 0.29) is 0 Å². The molecule has 0 bridgehead atoms. The third-order valence-electron chi connectivity index (χ3n) is 3.91. The molecule has 0 aliphatic carbocycles. The standard InChI is InChI=1S/C14H23ClN2S/c1-11-8-17(9-12(11)2)6-4-3-5-14-16-13(7-15)10-18-14/h10-12H,3-9H2,1-2H3. The van der Waals surface area contributed by atoms with Crippen LogP contribution in [-0.2, 0) is 12.3 Å². The number of likely N-dealkylation sites (tertiary alicyclic amines) is 1. The number of halogens is 1. The van der Waals surface area contributed by atoms with Gasteiger partial charge in [0.25, 0.3) is 0 Å². The molecule has 1 aromatic rings. The van der Waals surface area contributed by atoms with Crippen LogP contribution in [0.3, 0.4) is 0 Å². The Kier molecular flexibility index (Phi) is 5.46. The number of aromatic nitrogens is 1. The quantitative estimate of drug-likeness (QED) is 0.584. The molecule has 1 aliphatic rings. The summed E-state index contributed by atoms with van der Waals surface area (Å²) in [5, 5.41) is 3.32. The van der Waals surface area contributed by atoms with Crippen molar-refractivity contribution in [2.75, 3.05) is 19.6 Å². The van der Waals surface area contributed by atoms with Gasteiger partial charge in [0.15, 0.2) is 0 Å². The first-order valence-electron chi connectivity index (χ1n) is 6.90. The summed E-state index contributed by atoms with van der Waals surface area (Å²) in [5.74, 6) is 2.28. The molecule has 0 aromatic carbocycles. The van der Waals surface area contributed by atoms with E-state index in [1.807, 2.05) is 0 Å². The van der Waals surface area contributed by atoms with Crippen LogP contribution in [0.4, 0.5) is 0 Å². The largest absolute Gasteiger partial charge is 0.303 e. The highest BCUT2D eigenvalue weighted by atomic mass is 35.5. The fourth-order valence-electron chi connectivity index (χ4n) is 2.57. The third-order valence-corrected chi connectivity index (χ3v) is 5.15. The number of aryl methyl sites for hydroxylation is 1. The van der Waals surface area contributed by atoms with Gasteiger partial charge in [-0.2, -0.15) is 0 Å². The van der Waals surface area contributed by atoms with Gasteiger partial charge >= 0.3 is 0 Å². The Morgan fingerprint density at radius 2 is 2.06 bits per heavy atom. The van der Waals surface area contributed by atoms with Crippen LogP contribution in [0.2, 0.25) is 0 Å². The molecule has 2 nitrogen and oxygen atoms in total. The van der Waals surface area contributed by atoms with Crippen molar-refractivity contribution in [2.24, 2.45) is 11.8 Å². The predicted octanol–water partition coefficient (Wildman–Crippen LogP) is 3.79. The number of hydrogen-bond acceptors (Lipinski definition) is 3. The van der Waals surface area contributed by atoms with E-state index in [2.05, 4.69) is 29.1 Å². The zero-order valence-corrected chi connectivity index (χ0v) is 12.9. The molecule has 2 atom stereocenters. The number of unbranched alkanes of at least 4 members (excludes halogenated alkanes) is 1. The Hall–Kier alpha value is -0.120. The second kappa shape index (κ2) is 6.88. The van der Waals surface area contributed by atoms with Crippen LogP contribution in [0, 0.1) is 11.8 Å². The zero-order chi connectivity index (χ0) is 13.0. The molecule has 1 aromatic heterocycles. The maximum absolute atomic E-state index is 5.75. The minimum atomic E-state index is 0.542. The molecule has 102 valence electrons. The normalized spacial score (nSPS) is 24.8. The second-order valence-corrected chi connectivity index (χ2v) is 6.75. The molecule has 0 radical (unpaired) electrons. The summed E-state index contributed by atoms with van der Waals surface area (Å²) < 4.78 is 0. The molecule has 2 rings (SSSR count). The molecule has 2 unspecified atom stereocenters. The van der Waals surface area contributed by atoms with E-state index in [4.69, 9.17) is 11.6 Å². The first-order chi connectivity index (χ1) is 8.69. The molecule has 4 heteroatoms. The minimum absolute atomic E-state index is 0.542. The van der Waals surface area contributed by atoms with E-state index in [0.29, 0.717) is 5.88 Å². The Bertz CT molecular complexity index is 356. The van der Waals surface area contributed by atoms with Crippen LogP contribution in [0.15, 0.2) is 5.38 Å². The van der Waals surface area contributed by atoms with Gasteiger partial charge in [-0.25, -0.2) is 4.98 Å². The van der Waals surface area contributed by atoms with E-state index >= 15 is 0 Å². The van der Waals surface area contributed by atoms with Gasteiger partial charge in [0.05, 0.1) is 16.6 Å². The van der Waals surface area contributed by atoms with E-state index in [0.717, 1.165) is 24.0 Å². The highest BCUT2D eigenvalue weighted by Crippen LogP contribution is 2.22. The maximum Gasteiger partial charge on any atom is 0.0928 e. The smallest absolute Gasteiger partial charge is 0.0928 e. The van der Waals surface area contributed by atoms with Gasteiger partial charge in [0, 0.05) is 18.5 Å². The van der Waals surface area contributed by atoms with Gasteiger partial charge in [-0.15, -0.1) is 22.9 Å². The fourth-order valence-corrected chi connectivity index (χ4v) is 3.64. The number of rotatable bonds is 6. The zero-order valence-electron chi connectivity index (χ0n) is 11.4. The molecular formula is C14H23ClN2S. The second-order valence-electron chi connectivity index (χ2n) is 5.54. The maximum atomic E-state index is 5.75. The molecule has 18 heavy (non-hydrogen) atoms. The van der Waals surface area contributed by atoms with Crippen molar-refractivity contribution in [3.05, 3.63) is 16.1 Å². The van der Waals surface area contributed by atoms with E-state index in [1.165, 1.54) is 37.5 Å². The lowest BCUT2D eigenvalue weighted by atomic mass is 10.0. The summed E-state index contributed by atoms with van der Waals surface area (Å²) in [7, 11) is 0. The van der Waals surface area contributed by atoms with Crippen molar-refractivity contribution in [3.63, 3.8) is 0 Å². The van der Waals surface area contributed by atoms with Crippen molar-refractivity contribution in [1.82, 2.24) is 9.88 Å². The number of alkyl halides is 1. The number of thiazole rings is 1. The predicted molar refractivity (Wildman–Crippen MR) is 79.4 cm³/mol. The molecule has 1 aliphatic heterocycles. The van der Waals surface area contributed by atoms with Crippen LogP contribution in [0.25, 0.3) is 0 Å². The van der Waals surface area contributed by atoms with Crippen LogP contribution >= 0.6 is 22.9 Å². The Morgan fingerprint density at radius 1 is 1.33 bits per heavy atom. The van der Waals surface area contributed by atoms with Gasteiger partial charge < -0.3 is 4.90 Å². The van der Waals surface area contributed by atoms with E-state index in [9.17, 15) is 0 Å².